The lowest BCUT2D eigenvalue weighted by Crippen LogP contribution is -2.14. The van der Waals surface area contributed by atoms with E-state index in [1.807, 2.05) is 54.9 Å². The van der Waals surface area contributed by atoms with Crippen LogP contribution in [0.2, 0.25) is 0 Å². The maximum absolute atomic E-state index is 12.0. The molecule has 0 saturated heterocycles. The van der Waals surface area contributed by atoms with Gasteiger partial charge in [-0.1, -0.05) is 29.8 Å². The summed E-state index contributed by atoms with van der Waals surface area (Å²) in [5, 5.41) is 2.93. The van der Waals surface area contributed by atoms with Crippen LogP contribution in [0.4, 0.5) is 5.69 Å². The minimum absolute atomic E-state index is 0.00211. The Bertz CT molecular complexity index is 747. The Balaban J connectivity index is 1.70. The van der Waals surface area contributed by atoms with Crippen LogP contribution in [0.5, 0.6) is 0 Å². The molecule has 0 saturated carbocycles. The van der Waals surface area contributed by atoms with Crippen molar-refractivity contribution >= 4 is 33.1 Å². The van der Waals surface area contributed by atoms with Crippen molar-refractivity contribution in [3.8, 4) is 0 Å². The highest BCUT2D eigenvalue weighted by molar-refractivity contribution is 7.16. The van der Waals surface area contributed by atoms with E-state index in [1.54, 1.807) is 11.3 Å². The lowest BCUT2D eigenvalue weighted by atomic mass is 10.1. The molecule has 0 radical (unpaired) electrons. The Kier molecular flexibility index (Phi) is 3.48. The Morgan fingerprint density at radius 3 is 2.80 bits per heavy atom. The molecule has 0 aliphatic carbocycles. The number of hydrogen-bond acceptors (Lipinski definition) is 3. The standard InChI is InChI=1S/C16H14N2OS/c1-11-2-4-12(5-3-11)8-16(19)18-13-6-7-14-15(9-13)20-10-17-14/h2-7,9-10H,8H2,1H3,(H,18,19). The molecule has 1 amide bonds. The molecule has 1 heterocycles. The van der Waals surface area contributed by atoms with E-state index in [2.05, 4.69) is 10.3 Å². The zero-order valence-electron chi connectivity index (χ0n) is 11.1. The third-order valence-corrected chi connectivity index (χ3v) is 3.89. The average Bonchev–Trinajstić information content (AvgIpc) is 2.89. The van der Waals surface area contributed by atoms with Gasteiger partial charge in [-0.15, -0.1) is 11.3 Å². The van der Waals surface area contributed by atoms with E-state index < -0.39 is 0 Å². The molecule has 1 aromatic heterocycles. The van der Waals surface area contributed by atoms with Crippen molar-refractivity contribution < 1.29 is 4.79 Å². The normalized spacial score (nSPS) is 10.7. The average molecular weight is 282 g/mol. The van der Waals surface area contributed by atoms with E-state index in [9.17, 15) is 4.79 Å². The minimum Gasteiger partial charge on any atom is -0.326 e. The summed E-state index contributed by atoms with van der Waals surface area (Å²) in [4.78, 5) is 16.2. The summed E-state index contributed by atoms with van der Waals surface area (Å²) in [5.74, 6) is -0.00211. The summed E-state index contributed by atoms with van der Waals surface area (Å²) < 4.78 is 1.08. The van der Waals surface area contributed by atoms with E-state index >= 15 is 0 Å². The molecule has 1 N–H and O–H groups in total. The van der Waals surface area contributed by atoms with Gasteiger partial charge < -0.3 is 5.32 Å². The number of benzene rings is 2. The number of aromatic nitrogens is 1. The van der Waals surface area contributed by atoms with E-state index in [0.29, 0.717) is 6.42 Å². The predicted molar refractivity (Wildman–Crippen MR) is 83.1 cm³/mol. The molecular weight excluding hydrogens is 268 g/mol. The number of anilines is 1. The van der Waals surface area contributed by atoms with Gasteiger partial charge in [0.05, 0.1) is 22.1 Å². The fourth-order valence-corrected chi connectivity index (χ4v) is 2.75. The molecule has 0 spiro atoms. The molecule has 0 unspecified atom stereocenters. The van der Waals surface area contributed by atoms with Crippen LogP contribution in [-0.2, 0) is 11.2 Å². The molecule has 2 aromatic carbocycles. The van der Waals surface area contributed by atoms with Gasteiger partial charge in [0.25, 0.3) is 0 Å². The second-order valence-electron chi connectivity index (χ2n) is 4.75. The van der Waals surface area contributed by atoms with Gasteiger partial charge in [0.2, 0.25) is 5.91 Å². The maximum atomic E-state index is 12.0. The number of aryl methyl sites for hydroxylation is 1. The number of fused-ring (bicyclic) bond motifs is 1. The van der Waals surface area contributed by atoms with Crippen molar-refractivity contribution in [1.82, 2.24) is 4.98 Å². The Morgan fingerprint density at radius 1 is 1.20 bits per heavy atom. The van der Waals surface area contributed by atoms with Gasteiger partial charge in [0, 0.05) is 5.69 Å². The van der Waals surface area contributed by atoms with Gasteiger partial charge in [0.1, 0.15) is 0 Å². The number of thiazole rings is 1. The molecule has 3 rings (SSSR count). The first kappa shape index (κ1) is 12.8. The monoisotopic (exact) mass is 282 g/mol. The van der Waals surface area contributed by atoms with Crippen molar-refractivity contribution in [3.63, 3.8) is 0 Å². The third-order valence-electron chi connectivity index (χ3n) is 3.10. The van der Waals surface area contributed by atoms with Crippen LogP contribution < -0.4 is 5.32 Å². The summed E-state index contributed by atoms with van der Waals surface area (Å²) in [6.45, 7) is 2.04. The number of carbonyl (C=O) groups excluding carboxylic acids is 1. The first-order valence-corrected chi connectivity index (χ1v) is 7.27. The second kappa shape index (κ2) is 5.43. The minimum atomic E-state index is -0.00211. The molecule has 0 fully saturated rings. The van der Waals surface area contributed by atoms with Crippen LogP contribution in [0.25, 0.3) is 10.2 Å². The topological polar surface area (TPSA) is 42.0 Å². The Hall–Kier alpha value is -2.20. The van der Waals surface area contributed by atoms with Crippen LogP contribution in [0.3, 0.4) is 0 Å². The molecule has 0 atom stereocenters. The molecule has 0 aliphatic heterocycles. The van der Waals surface area contributed by atoms with Crippen molar-refractivity contribution in [3.05, 3.63) is 59.1 Å². The SMILES string of the molecule is Cc1ccc(CC(=O)Nc2ccc3ncsc3c2)cc1. The van der Waals surface area contributed by atoms with Crippen LogP contribution in [0.15, 0.2) is 48.0 Å². The summed E-state index contributed by atoms with van der Waals surface area (Å²) in [7, 11) is 0. The van der Waals surface area contributed by atoms with E-state index in [4.69, 9.17) is 0 Å². The molecule has 20 heavy (non-hydrogen) atoms. The zero-order chi connectivity index (χ0) is 13.9. The Morgan fingerprint density at radius 2 is 2.00 bits per heavy atom. The first-order valence-electron chi connectivity index (χ1n) is 6.39. The van der Waals surface area contributed by atoms with Crippen LogP contribution in [0, 0.1) is 6.92 Å². The highest BCUT2D eigenvalue weighted by Crippen LogP contribution is 2.21. The summed E-state index contributed by atoms with van der Waals surface area (Å²) >= 11 is 1.57. The highest BCUT2D eigenvalue weighted by Gasteiger charge is 2.05. The number of rotatable bonds is 3. The fourth-order valence-electron chi connectivity index (χ4n) is 2.03. The van der Waals surface area contributed by atoms with Gasteiger partial charge in [-0.3, -0.25) is 4.79 Å². The fraction of sp³-hybridized carbons (Fsp3) is 0.125. The lowest BCUT2D eigenvalue weighted by Gasteiger charge is -2.05. The van der Waals surface area contributed by atoms with Gasteiger partial charge >= 0.3 is 0 Å². The van der Waals surface area contributed by atoms with Gasteiger partial charge in [-0.2, -0.15) is 0 Å². The largest absolute Gasteiger partial charge is 0.326 e. The molecular formula is C16H14N2OS. The van der Waals surface area contributed by atoms with Crippen molar-refractivity contribution in [2.75, 3.05) is 5.32 Å². The second-order valence-corrected chi connectivity index (χ2v) is 5.63. The van der Waals surface area contributed by atoms with Gasteiger partial charge in [-0.05, 0) is 30.7 Å². The molecule has 100 valence electrons. The van der Waals surface area contributed by atoms with Crippen molar-refractivity contribution in [1.29, 1.82) is 0 Å². The summed E-state index contributed by atoms with van der Waals surface area (Å²) in [6.07, 6.45) is 0.390. The van der Waals surface area contributed by atoms with E-state index in [1.165, 1.54) is 5.56 Å². The third kappa shape index (κ3) is 2.86. The van der Waals surface area contributed by atoms with Crippen LogP contribution >= 0.6 is 11.3 Å². The van der Waals surface area contributed by atoms with Crippen molar-refractivity contribution in [2.45, 2.75) is 13.3 Å². The van der Waals surface area contributed by atoms with Crippen molar-refractivity contribution in [2.24, 2.45) is 0 Å². The predicted octanol–water partition coefficient (Wildman–Crippen LogP) is 3.79. The molecule has 0 aliphatic rings. The molecule has 0 bridgehead atoms. The molecule has 3 aromatic rings. The molecule has 3 nitrogen and oxygen atoms in total. The van der Waals surface area contributed by atoms with Crippen LogP contribution in [-0.4, -0.2) is 10.9 Å². The number of amides is 1. The number of carbonyl (C=O) groups is 1. The Labute approximate surface area is 121 Å². The number of hydrogen-bond donors (Lipinski definition) is 1. The van der Waals surface area contributed by atoms with Crippen LogP contribution in [0.1, 0.15) is 11.1 Å². The summed E-state index contributed by atoms with van der Waals surface area (Å²) in [6, 6.07) is 13.8. The zero-order valence-corrected chi connectivity index (χ0v) is 11.9. The smallest absolute Gasteiger partial charge is 0.228 e. The quantitative estimate of drug-likeness (QED) is 0.794. The summed E-state index contributed by atoms with van der Waals surface area (Å²) in [5.41, 5.74) is 5.81. The highest BCUT2D eigenvalue weighted by atomic mass is 32.1. The van der Waals surface area contributed by atoms with E-state index in [-0.39, 0.29) is 5.91 Å². The van der Waals surface area contributed by atoms with Gasteiger partial charge in [0.15, 0.2) is 0 Å². The number of nitrogens with zero attached hydrogens (tertiary/aromatic N) is 1. The first-order chi connectivity index (χ1) is 9.70. The lowest BCUT2D eigenvalue weighted by molar-refractivity contribution is -0.115. The molecule has 4 heteroatoms. The maximum Gasteiger partial charge on any atom is 0.228 e. The van der Waals surface area contributed by atoms with E-state index in [0.717, 1.165) is 21.5 Å². The van der Waals surface area contributed by atoms with Gasteiger partial charge in [-0.25, -0.2) is 4.98 Å². The number of nitrogens with one attached hydrogen (secondary N) is 1.